The minimum absolute atomic E-state index is 0.00926. The van der Waals surface area contributed by atoms with Crippen LogP contribution in [0.25, 0.3) is 11.1 Å². The number of aryl methyl sites for hydroxylation is 1. The third-order valence-corrected chi connectivity index (χ3v) is 3.41. The Hall–Kier alpha value is -2.36. The molecule has 1 aromatic heterocycles. The minimum Gasteiger partial charge on any atom is -0.366 e. The van der Waals surface area contributed by atoms with Crippen LogP contribution in [0.15, 0.2) is 35.3 Å². The summed E-state index contributed by atoms with van der Waals surface area (Å²) < 4.78 is 1.57. The first kappa shape index (κ1) is 13.1. The normalized spacial score (nSPS) is 10.5. The van der Waals surface area contributed by atoms with Crippen molar-refractivity contribution in [3.8, 4) is 11.1 Å². The number of carbonyl (C=O) groups excluding carboxylic acids is 1. The molecule has 0 radical (unpaired) electrons. The predicted molar refractivity (Wildman–Crippen MR) is 75.1 cm³/mol. The highest BCUT2D eigenvalue weighted by Crippen LogP contribution is 2.23. The van der Waals surface area contributed by atoms with Crippen molar-refractivity contribution in [3.63, 3.8) is 0 Å². The molecule has 0 saturated carbocycles. The Balaban J connectivity index is 2.59. The lowest BCUT2D eigenvalue weighted by Crippen LogP contribution is -2.20. The zero-order valence-corrected chi connectivity index (χ0v) is 11.2. The second-order valence-corrected chi connectivity index (χ2v) is 4.65. The maximum atomic E-state index is 11.8. The summed E-state index contributed by atoms with van der Waals surface area (Å²) in [4.78, 5) is 22.9. The van der Waals surface area contributed by atoms with Crippen LogP contribution in [0.4, 0.5) is 0 Å². The highest BCUT2D eigenvalue weighted by Gasteiger charge is 2.09. The molecule has 4 nitrogen and oxygen atoms in total. The van der Waals surface area contributed by atoms with E-state index in [0.29, 0.717) is 5.56 Å². The van der Waals surface area contributed by atoms with Crippen LogP contribution in [0, 0.1) is 13.8 Å². The van der Waals surface area contributed by atoms with E-state index in [9.17, 15) is 9.59 Å². The van der Waals surface area contributed by atoms with E-state index in [1.54, 1.807) is 23.7 Å². The Labute approximate surface area is 111 Å². The summed E-state index contributed by atoms with van der Waals surface area (Å²) in [5, 5.41) is 0. The van der Waals surface area contributed by atoms with Gasteiger partial charge in [0, 0.05) is 29.9 Å². The number of amides is 1. The van der Waals surface area contributed by atoms with Crippen LogP contribution in [-0.4, -0.2) is 10.5 Å². The summed E-state index contributed by atoms with van der Waals surface area (Å²) in [7, 11) is 1.73. The van der Waals surface area contributed by atoms with E-state index in [4.69, 9.17) is 5.73 Å². The number of carbonyl (C=O) groups is 1. The Morgan fingerprint density at radius 2 is 1.68 bits per heavy atom. The van der Waals surface area contributed by atoms with E-state index in [-0.39, 0.29) is 5.56 Å². The number of benzene rings is 1. The molecule has 1 aromatic carbocycles. The summed E-state index contributed by atoms with van der Waals surface area (Å²) in [5.41, 5.74) is 9.33. The van der Waals surface area contributed by atoms with Gasteiger partial charge >= 0.3 is 0 Å². The average molecular weight is 256 g/mol. The zero-order valence-electron chi connectivity index (χ0n) is 11.2. The van der Waals surface area contributed by atoms with Crippen molar-refractivity contribution in [1.29, 1.82) is 0 Å². The zero-order chi connectivity index (χ0) is 14.2. The first-order valence-corrected chi connectivity index (χ1v) is 5.99. The monoisotopic (exact) mass is 256 g/mol. The third kappa shape index (κ3) is 2.29. The van der Waals surface area contributed by atoms with Gasteiger partial charge in [0.25, 0.3) is 5.56 Å². The number of hydrogen-bond donors (Lipinski definition) is 1. The summed E-state index contributed by atoms with van der Waals surface area (Å²) in [6, 6.07) is 7.06. The van der Waals surface area contributed by atoms with Crippen LogP contribution in [0.3, 0.4) is 0 Å². The molecule has 98 valence electrons. The molecule has 19 heavy (non-hydrogen) atoms. The van der Waals surface area contributed by atoms with Crippen molar-refractivity contribution in [2.24, 2.45) is 12.8 Å². The van der Waals surface area contributed by atoms with Gasteiger partial charge in [-0.25, -0.2) is 0 Å². The quantitative estimate of drug-likeness (QED) is 0.889. The molecule has 0 aliphatic rings. The molecule has 4 heteroatoms. The number of nitrogens with zero attached hydrogens (tertiary/aromatic N) is 1. The lowest BCUT2D eigenvalue weighted by Gasteiger charge is -2.11. The molecular weight excluding hydrogens is 240 g/mol. The Morgan fingerprint density at radius 3 is 2.21 bits per heavy atom. The topological polar surface area (TPSA) is 65.1 Å². The van der Waals surface area contributed by atoms with Crippen LogP contribution >= 0.6 is 0 Å². The second-order valence-electron chi connectivity index (χ2n) is 4.65. The molecule has 0 atom stereocenters. The minimum atomic E-state index is -0.445. The lowest BCUT2D eigenvalue weighted by molar-refractivity contribution is 0.100. The lowest BCUT2D eigenvalue weighted by atomic mass is 9.98. The van der Waals surface area contributed by atoms with Crippen LogP contribution < -0.4 is 11.3 Å². The van der Waals surface area contributed by atoms with Gasteiger partial charge in [-0.2, -0.15) is 0 Å². The summed E-state index contributed by atoms with van der Waals surface area (Å²) in [5.74, 6) is -0.445. The van der Waals surface area contributed by atoms with Crippen molar-refractivity contribution in [2.75, 3.05) is 0 Å². The highest BCUT2D eigenvalue weighted by molar-refractivity contribution is 5.93. The van der Waals surface area contributed by atoms with E-state index in [1.807, 2.05) is 32.2 Å². The van der Waals surface area contributed by atoms with E-state index in [1.165, 1.54) is 0 Å². The van der Waals surface area contributed by atoms with Crippen molar-refractivity contribution < 1.29 is 4.79 Å². The SMILES string of the molecule is Cc1c(-c2ccc(C(N)=O)cc2)cn(C)c(=O)c1C. The maximum absolute atomic E-state index is 11.8. The fourth-order valence-electron chi connectivity index (χ4n) is 2.08. The van der Waals surface area contributed by atoms with Crippen LogP contribution in [0.5, 0.6) is 0 Å². The Bertz CT molecular complexity index is 697. The Kier molecular flexibility index (Phi) is 3.25. The summed E-state index contributed by atoms with van der Waals surface area (Å²) >= 11 is 0. The Morgan fingerprint density at radius 1 is 1.11 bits per heavy atom. The van der Waals surface area contributed by atoms with Gasteiger partial charge in [-0.05, 0) is 37.1 Å². The largest absolute Gasteiger partial charge is 0.366 e. The van der Waals surface area contributed by atoms with Crippen molar-refractivity contribution in [1.82, 2.24) is 4.57 Å². The highest BCUT2D eigenvalue weighted by atomic mass is 16.1. The predicted octanol–water partition coefficient (Wildman–Crippen LogP) is 1.77. The number of rotatable bonds is 2. The van der Waals surface area contributed by atoms with Crippen LogP contribution in [-0.2, 0) is 7.05 Å². The molecule has 2 rings (SSSR count). The first-order chi connectivity index (χ1) is 8.91. The molecular formula is C15H16N2O2. The fraction of sp³-hybridized carbons (Fsp3) is 0.200. The number of hydrogen-bond acceptors (Lipinski definition) is 2. The van der Waals surface area contributed by atoms with Gasteiger partial charge in [0.05, 0.1) is 0 Å². The van der Waals surface area contributed by atoms with Gasteiger partial charge in [0.2, 0.25) is 5.91 Å². The fourth-order valence-corrected chi connectivity index (χ4v) is 2.08. The molecule has 0 aliphatic carbocycles. The first-order valence-electron chi connectivity index (χ1n) is 5.99. The van der Waals surface area contributed by atoms with E-state index >= 15 is 0 Å². The van der Waals surface area contributed by atoms with E-state index in [2.05, 4.69) is 0 Å². The standard InChI is InChI=1S/C15H16N2O2/c1-9-10(2)15(19)17(3)8-13(9)11-4-6-12(7-5-11)14(16)18/h4-8H,1-3H3,(H2,16,18). The molecule has 2 aromatic rings. The number of aromatic nitrogens is 1. The van der Waals surface area contributed by atoms with Gasteiger partial charge in [-0.1, -0.05) is 12.1 Å². The van der Waals surface area contributed by atoms with Gasteiger partial charge in [0.15, 0.2) is 0 Å². The van der Waals surface area contributed by atoms with Gasteiger partial charge in [-0.3, -0.25) is 9.59 Å². The summed E-state index contributed by atoms with van der Waals surface area (Å²) in [6.45, 7) is 3.74. The molecule has 0 aliphatic heterocycles. The second kappa shape index (κ2) is 4.72. The van der Waals surface area contributed by atoms with Gasteiger partial charge in [0.1, 0.15) is 0 Å². The van der Waals surface area contributed by atoms with Crippen molar-refractivity contribution in [2.45, 2.75) is 13.8 Å². The molecule has 0 fully saturated rings. The molecule has 1 heterocycles. The summed E-state index contributed by atoms with van der Waals surface area (Å²) in [6.07, 6.45) is 1.81. The van der Waals surface area contributed by atoms with Gasteiger partial charge < -0.3 is 10.3 Å². The smallest absolute Gasteiger partial charge is 0.253 e. The van der Waals surface area contributed by atoms with Crippen molar-refractivity contribution in [3.05, 3.63) is 57.5 Å². The molecule has 0 bridgehead atoms. The maximum Gasteiger partial charge on any atom is 0.253 e. The van der Waals surface area contributed by atoms with Crippen molar-refractivity contribution >= 4 is 5.91 Å². The number of nitrogens with two attached hydrogens (primary N) is 1. The number of primary amides is 1. The third-order valence-electron chi connectivity index (χ3n) is 3.41. The van der Waals surface area contributed by atoms with E-state index < -0.39 is 5.91 Å². The molecule has 0 unspecified atom stereocenters. The van der Waals surface area contributed by atoms with E-state index in [0.717, 1.165) is 22.3 Å². The van der Waals surface area contributed by atoms with Crippen LogP contribution in [0.2, 0.25) is 0 Å². The average Bonchev–Trinajstić information content (AvgIpc) is 2.40. The molecule has 1 amide bonds. The molecule has 0 spiro atoms. The van der Waals surface area contributed by atoms with Gasteiger partial charge in [-0.15, -0.1) is 0 Å². The molecule has 0 saturated heterocycles. The molecule has 2 N–H and O–H groups in total. The number of pyridine rings is 1. The van der Waals surface area contributed by atoms with Crippen LogP contribution in [0.1, 0.15) is 21.5 Å².